The minimum Gasteiger partial charge on any atom is -0.328 e. The summed E-state index contributed by atoms with van der Waals surface area (Å²) in [7, 11) is 0. The fraction of sp³-hybridized carbons (Fsp3) is 0.100. The molecule has 0 bridgehead atoms. The first-order chi connectivity index (χ1) is 7.48. The Balaban J connectivity index is 2.32. The Morgan fingerprint density at radius 3 is 2.56 bits per heavy atom. The maximum absolute atomic E-state index is 12.0. The zero-order valence-electron chi connectivity index (χ0n) is 7.86. The lowest BCUT2D eigenvalue weighted by molar-refractivity contribution is -0.199. The second-order valence-electron chi connectivity index (χ2n) is 3.08. The molecule has 1 heterocycles. The van der Waals surface area contributed by atoms with Crippen LogP contribution in [0.3, 0.4) is 0 Å². The van der Waals surface area contributed by atoms with E-state index in [0.29, 0.717) is 10.9 Å². The number of rotatable bonds is 1. The van der Waals surface area contributed by atoms with E-state index in [0.717, 1.165) is 4.73 Å². The predicted octanol–water partition coefficient (Wildman–Crippen LogP) is 2.16. The number of hydrogen-bond acceptors (Lipinski definition) is 2. The maximum Gasteiger partial charge on any atom is 0.493 e. The number of carbonyl (C=O) groups is 1. The van der Waals surface area contributed by atoms with Gasteiger partial charge in [0.1, 0.15) is 0 Å². The third kappa shape index (κ3) is 1.86. The summed E-state index contributed by atoms with van der Waals surface area (Å²) in [6.45, 7) is 0. The van der Waals surface area contributed by atoms with Crippen LogP contribution in [0.15, 0.2) is 36.5 Å². The molecule has 0 fully saturated rings. The maximum atomic E-state index is 12.0. The number of para-hydroxylation sites is 1. The number of aromatic nitrogens is 1. The van der Waals surface area contributed by atoms with E-state index < -0.39 is 12.1 Å². The molecule has 3 nitrogen and oxygen atoms in total. The fourth-order valence-electron chi connectivity index (χ4n) is 1.28. The first-order valence-electron chi connectivity index (χ1n) is 4.34. The largest absolute Gasteiger partial charge is 0.493 e. The van der Waals surface area contributed by atoms with Crippen LogP contribution < -0.4 is 4.84 Å². The average molecular weight is 229 g/mol. The van der Waals surface area contributed by atoms with Gasteiger partial charge in [-0.25, -0.2) is 4.79 Å². The SMILES string of the molecule is O=C(On1ccc2ccccc21)C(F)(F)F. The highest BCUT2D eigenvalue weighted by molar-refractivity contribution is 5.81. The molecule has 0 aliphatic carbocycles. The molecule has 0 unspecified atom stereocenters. The van der Waals surface area contributed by atoms with Gasteiger partial charge in [-0.3, -0.25) is 0 Å². The number of benzene rings is 1. The summed E-state index contributed by atoms with van der Waals surface area (Å²) in [5, 5.41) is 0.692. The average Bonchev–Trinajstić information content (AvgIpc) is 2.61. The molecule has 0 atom stereocenters. The van der Waals surface area contributed by atoms with Crippen molar-refractivity contribution in [3.8, 4) is 0 Å². The number of hydrogen-bond donors (Lipinski definition) is 0. The lowest BCUT2D eigenvalue weighted by Crippen LogP contribution is -2.32. The Morgan fingerprint density at radius 2 is 1.88 bits per heavy atom. The Morgan fingerprint density at radius 1 is 1.19 bits per heavy atom. The normalized spacial score (nSPS) is 11.7. The predicted molar refractivity (Wildman–Crippen MR) is 49.6 cm³/mol. The summed E-state index contributed by atoms with van der Waals surface area (Å²) in [4.78, 5) is 14.8. The van der Waals surface area contributed by atoms with E-state index in [2.05, 4.69) is 4.84 Å². The van der Waals surface area contributed by atoms with E-state index in [1.54, 1.807) is 30.3 Å². The van der Waals surface area contributed by atoms with Crippen LogP contribution in [0.1, 0.15) is 0 Å². The summed E-state index contributed by atoms with van der Waals surface area (Å²) in [6.07, 6.45) is -3.74. The standard InChI is InChI=1S/C10H6F3NO2/c11-10(12,13)9(15)16-14-6-5-7-3-1-2-4-8(7)14/h1-6H. The number of halogens is 3. The summed E-state index contributed by atoms with van der Waals surface area (Å²) in [5.74, 6) is -2.24. The van der Waals surface area contributed by atoms with Crippen LogP contribution in [-0.4, -0.2) is 16.9 Å². The highest BCUT2D eigenvalue weighted by atomic mass is 19.4. The van der Waals surface area contributed by atoms with Gasteiger partial charge in [0.25, 0.3) is 0 Å². The molecule has 1 aromatic heterocycles. The van der Waals surface area contributed by atoms with Crippen LogP contribution in [0.5, 0.6) is 0 Å². The van der Waals surface area contributed by atoms with E-state index in [-0.39, 0.29) is 0 Å². The molecule has 16 heavy (non-hydrogen) atoms. The van der Waals surface area contributed by atoms with Gasteiger partial charge in [-0.1, -0.05) is 18.2 Å². The molecule has 0 N–H and O–H groups in total. The second-order valence-corrected chi connectivity index (χ2v) is 3.08. The third-order valence-corrected chi connectivity index (χ3v) is 1.98. The van der Waals surface area contributed by atoms with Crippen molar-refractivity contribution in [3.05, 3.63) is 36.5 Å². The summed E-state index contributed by atoms with van der Waals surface area (Å²) in [5.41, 5.74) is 0.403. The highest BCUT2D eigenvalue weighted by Crippen LogP contribution is 2.18. The molecule has 0 spiro atoms. The number of fused-ring (bicyclic) bond motifs is 1. The van der Waals surface area contributed by atoms with Crippen molar-refractivity contribution in [2.75, 3.05) is 0 Å². The molecular formula is C10H6F3NO2. The van der Waals surface area contributed by atoms with Crippen LogP contribution in [0.2, 0.25) is 0 Å². The lowest BCUT2D eigenvalue weighted by atomic mass is 10.3. The molecule has 0 saturated heterocycles. The van der Waals surface area contributed by atoms with E-state index in [1.165, 1.54) is 6.20 Å². The number of nitrogens with zero attached hydrogens (tertiary/aromatic N) is 1. The molecule has 84 valence electrons. The smallest absolute Gasteiger partial charge is 0.328 e. The summed E-state index contributed by atoms with van der Waals surface area (Å²) < 4.78 is 36.7. The zero-order valence-corrected chi connectivity index (χ0v) is 7.86. The Bertz CT molecular complexity index is 530. The minimum absolute atomic E-state index is 0.403. The van der Waals surface area contributed by atoms with Gasteiger partial charge in [0.15, 0.2) is 0 Å². The first-order valence-corrected chi connectivity index (χ1v) is 4.34. The van der Waals surface area contributed by atoms with E-state index in [4.69, 9.17) is 0 Å². The van der Waals surface area contributed by atoms with Gasteiger partial charge >= 0.3 is 12.1 Å². The monoisotopic (exact) mass is 229 g/mol. The van der Waals surface area contributed by atoms with Gasteiger partial charge in [0.2, 0.25) is 0 Å². The van der Waals surface area contributed by atoms with Gasteiger partial charge < -0.3 is 4.84 Å². The molecule has 6 heteroatoms. The van der Waals surface area contributed by atoms with Gasteiger partial charge in [-0.2, -0.15) is 17.9 Å². The Hall–Kier alpha value is -1.98. The molecule has 2 rings (SSSR count). The van der Waals surface area contributed by atoms with Crippen molar-refractivity contribution in [2.45, 2.75) is 6.18 Å². The van der Waals surface area contributed by atoms with Crippen molar-refractivity contribution < 1.29 is 22.8 Å². The van der Waals surface area contributed by atoms with Gasteiger partial charge in [-0.05, 0) is 12.1 Å². The second kappa shape index (κ2) is 3.55. The fourth-order valence-corrected chi connectivity index (χ4v) is 1.28. The van der Waals surface area contributed by atoms with Crippen molar-refractivity contribution in [1.82, 2.24) is 4.73 Å². The Labute approximate surface area is 88.0 Å². The van der Waals surface area contributed by atoms with Crippen molar-refractivity contribution in [1.29, 1.82) is 0 Å². The quantitative estimate of drug-likeness (QED) is 0.750. The van der Waals surface area contributed by atoms with Crippen LogP contribution in [0.4, 0.5) is 13.2 Å². The summed E-state index contributed by atoms with van der Waals surface area (Å²) >= 11 is 0. The minimum atomic E-state index is -4.99. The van der Waals surface area contributed by atoms with Crippen LogP contribution in [0, 0.1) is 0 Å². The third-order valence-electron chi connectivity index (χ3n) is 1.98. The van der Waals surface area contributed by atoms with Crippen molar-refractivity contribution in [2.24, 2.45) is 0 Å². The van der Waals surface area contributed by atoms with Gasteiger partial charge in [0.05, 0.1) is 5.52 Å². The lowest BCUT2D eigenvalue weighted by Gasteiger charge is -2.07. The van der Waals surface area contributed by atoms with Crippen molar-refractivity contribution >= 4 is 16.9 Å². The molecule has 1 aromatic carbocycles. The van der Waals surface area contributed by atoms with Crippen LogP contribution in [-0.2, 0) is 4.79 Å². The van der Waals surface area contributed by atoms with Gasteiger partial charge in [0, 0.05) is 11.6 Å². The van der Waals surface area contributed by atoms with Crippen molar-refractivity contribution in [3.63, 3.8) is 0 Å². The summed E-state index contributed by atoms with van der Waals surface area (Å²) in [6, 6.07) is 8.18. The number of alkyl halides is 3. The molecule has 0 radical (unpaired) electrons. The highest BCUT2D eigenvalue weighted by Gasteiger charge is 2.42. The molecule has 0 aliphatic heterocycles. The molecule has 2 aromatic rings. The van der Waals surface area contributed by atoms with Crippen LogP contribution in [0.25, 0.3) is 10.9 Å². The first kappa shape index (κ1) is 10.5. The molecule has 0 aliphatic rings. The molecular weight excluding hydrogens is 223 g/mol. The van der Waals surface area contributed by atoms with E-state index >= 15 is 0 Å². The van der Waals surface area contributed by atoms with Crippen LogP contribution >= 0.6 is 0 Å². The molecule has 0 amide bonds. The van der Waals surface area contributed by atoms with E-state index in [1.807, 2.05) is 0 Å². The number of carbonyl (C=O) groups excluding carboxylic acids is 1. The zero-order chi connectivity index (χ0) is 11.8. The van der Waals surface area contributed by atoms with E-state index in [9.17, 15) is 18.0 Å². The topological polar surface area (TPSA) is 31.2 Å². The Kier molecular flexibility index (Phi) is 2.34. The van der Waals surface area contributed by atoms with Gasteiger partial charge in [-0.15, -0.1) is 0 Å². The molecule has 0 saturated carbocycles.